The lowest BCUT2D eigenvalue weighted by molar-refractivity contribution is -0.134. The first-order valence-corrected chi connectivity index (χ1v) is 10.9. The lowest BCUT2D eigenvalue weighted by Crippen LogP contribution is -2.44. The highest BCUT2D eigenvalue weighted by Crippen LogP contribution is 2.29. The van der Waals surface area contributed by atoms with Crippen LogP contribution in [0.3, 0.4) is 0 Å². The Morgan fingerprint density at radius 2 is 1.71 bits per heavy atom. The molecule has 0 aromatic heterocycles. The molecule has 2 amide bonds. The van der Waals surface area contributed by atoms with Gasteiger partial charge >= 0.3 is 5.97 Å². The summed E-state index contributed by atoms with van der Waals surface area (Å²) in [6.45, 7) is 9.00. The van der Waals surface area contributed by atoms with E-state index in [1.54, 1.807) is 11.0 Å². The minimum absolute atomic E-state index is 0.0633. The van der Waals surface area contributed by atoms with E-state index in [1.807, 2.05) is 27.7 Å². The predicted octanol–water partition coefficient (Wildman–Crippen LogP) is 2.94. The Bertz CT molecular complexity index is 771. The standard InChI is InChI=1S/C23H34N2O6/c1-5-23(3,4)24-20(26)15-31-22(28)17-10-11-18(19(14-17)29-6-2)30-16-21(27)25-12-8-7-9-13-25/h10-11,14H,5-9,12-13,15-16H2,1-4H3,(H,24,26). The number of likely N-dealkylation sites (tertiary alicyclic amines) is 1. The normalized spacial score (nSPS) is 14.0. The van der Waals surface area contributed by atoms with Crippen LogP contribution >= 0.6 is 0 Å². The number of benzene rings is 1. The molecule has 0 aliphatic carbocycles. The Morgan fingerprint density at radius 1 is 1.00 bits per heavy atom. The van der Waals surface area contributed by atoms with Crippen LogP contribution in [0.1, 0.15) is 63.7 Å². The van der Waals surface area contributed by atoms with E-state index < -0.39 is 5.97 Å². The van der Waals surface area contributed by atoms with Crippen LogP contribution in [0.15, 0.2) is 18.2 Å². The van der Waals surface area contributed by atoms with Crippen molar-refractivity contribution in [3.63, 3.8) is 0 Å². The van der Waals surface area contributed by atoms with Crippen molar-refractivity contribution in [2.24, 2.45) is 0 Å². The highest BCUT2D eigenvalue weighted by molar-refractivity contribution is 5.92. The maximum Gasteiger partial charge on any atom is 0.338 e. The summed E-state index contributed by atoms with van der Waals surface area (Å²) in [4.78, 5) is 38.5. The number of nitrogens with zero attached hydrogens (tertiary/aromatic N) is 1. The Morgan fingerprint density at radius 3 is 2.35 bits per heavy atom. The molecule has 1 saturated heterocycles. The third kappa shape index (κ3) is 7.77. The van der Waals surface area contributed by atoms with Crippen molar-refractivity contribution in [3.8, 4) is 11.5 Å². The number of amides is 2. The van der Waals surface area contributed by atoms with E-state index in [9.17, 15) is 14.4 Å². The van der Waals surface area contributed by atoms with Gasteiger partial charge in [-0.15, -0.1) is 0 Å². The van der Waals surface area contributed by atoms with Crippen LogP contribution < -0.4 is 14.8 Å². The van der Waals surface area contributed by atoms with E-state index in [4.69, 9.17) is 14.2 Å². The second kappa shape index (κ2) is 11.6. The number of hydrogen-bond acceptors (Lipinski definition) is 6. The van der Waals surface area contributed by atoms with Crippen LogP contribution in [0.2, 0.25) is 0 Å². The van der Waals surface area contributed by atoms with Crippen molar-refractivity contribution in [1.82, 2.24) is 10.2 Å². The third-order valence-corrected chi connectivity index (χ3v) is 5.24. The third-order valence-electron chi connectivity index (χ3n) is 5.24. The maximum atomic E-state index is 12.4. The second-order valence-corrected chi connectivity index (χ2v) is 8.19. The number of nitrogens with one attached hydrogen (secondary N) is 1. The van der Waals surface area contributed by atoms with E-state index in [2.05, 4.69) is 5.32 Å². The van der Waals surface area contributed by atoms with Crippen molar-refractivity contribution in [3.05, 3.63) is 23.8 Å². The quantitative estimate of drug-likeness (QED) is 0.569. The molecule has 1 aromatic rings. The monoisotopic (exact) mass is 434 g/mol. The Kier molecular flexibility index (Phi) is 9.15. The summed E-state index contributed by atoms with van der Waals surface area (Å²) in [7, 11) is 0. The van der Waals surface area contributed by atoms with Crippen molar-refractivity contribution in [2.45, 2.75) is 58.9 Å². The van der Waals surface area contributed by atoms with E-state index in [1.165, 1.54) is 12.1 Å². The number of hydrogen-bond donors (Lipinski definition) is 1. The number of carbonyl (C=O) groups excluding carboxylic acids is 3. The minimum Gasteiger partial charge on any atom is -0.490 e. The molecule has 0 saturated carbocycles. The van der Waals surface area contributed by atoms with E-state index in [0.29, 0.717) is 18.1 Å². The molecule has 1 aliphatic heterocycles. The summed E-state index contributed by atoms with van der Waals surface area (Å²) in [6, 6.07) is 4.60. The molecule has 1 N–H and O–H groups in total. The number of esters is 1. The van der Waals surface area contributed by atoms with Gasteiger partial charge in [0.15, 0.2) is 24.7 Å². The van der Waals surface area contributed by atoms with Gasteiger partial charge in [-0.05, 0) is 64.7 Å². The van der Waals surface area contributed by atoms with Crippen molar-refractivity contribution in [2.75, 3.05) is 32.9 Å². The van der Waals surface area contributed by atoms with Gasteiger partial charge in [0.05, 0.1) is 12.2 Å². The molecule has 172 valence electrons. The molecular formula is C23H34N2O6. The minimum atomic E-state index is -0.638. The maximum absolute atomic E-state index is 12.4. The Labute approximate surface area is 184 Å². The zero-order valence-electron chi connectivity index (χ0n) is 19.0. The second-order valence-electron chi connectivity index (χ2n) is 8.19. The number of piperidine rings is 1. The summed E-state index contributed by atoms with van der Waals surface area (Å²) in [5.41, 5.74) is -0.128. The van der Waals surface area contributed by atoms with Crippen LogP contribution in [-0.4, -0.2) is 61.1 Å². The molecule has 0 atom stereocenters. The smallest absolute Gasteiger partial charge is 0.338 e. The molecule has 0 radical (unpaired) electrons. The lowest BCUT2D eigenvalue weighted by atomic mass is 10.0. The number of carbonyl (C=O) groups is 3. The van der Waals surface area contributed by atoms with Crippen LogP contribution in [-0.2, 0) is 14.3 Å². The SMILES string of the molecule is CCOc1cc(C(=O)OCC(=O)NC(C)(C)CC)ccc1OCC(=O)N1CCCCC1. The topological polar surface area (TPSA) is 94.2 Å². The van der Waals surface area contributed by atoms with Crippen molar-refractivity contribution in [1.29, 1.82) is 0 Å². The fourth-order valence-electron chi connectivity index (χ4n) is 3.11. The average molecular weight is 435 g/mol. The molecule has 1 heterocycles. The van der Waals surface area contributed by atoms with Gasteiger partial charge in [0.25, 0.3) is 11.8 Å². The molecule has 8 nitrogen and oxygen atoms in total. The lowest BCUT2D eigenvalue weighted by Gasteiger charge is -2.26. The highest BCUT2D eigenvalue weighted by Gasteiger charge is 2.21. The average Bonchev–Trinajstić information content (AvgIpc) is 2.76. The molecular weight excluding hydrogens is 400 g/mol. The molecule has 0 bridgehead atoms. The van der Waals surface area contributed by atoms with Gasteiger partial charge in [-0.2, -0.15) is 0 Å². The Balaban J connectivity index is 1.96. The van der Waals surface area contributed by atoms with Crippen LogP contribution in [0.5, 0.6) is 11.5 Å². The van der Waals surface area contributed by atoms with Gasteiger partial charge < -0.3 is 24.4 Å². The van der Waals surface area contributed by atoms with Gasteiger partial charge in [-0.1, -0.05) is 6.92 Å². The molecule has 0 unspecified atom stereocenters. The molecule has 1 aromatic carbocycles. The molecule has 8 heteroatoms. The number of ether oxygens (including phenoxy) is 3. The number of rotatable bonds is 10. The first kappa shape index (κ1) is 24.5. The van der Waals surface area contributed by atoms with Crippen molar-refractivity contribution < 1.29 is 28.6 Å². The Hall–Kier alpha value is -2.77. The summed E-state index contributed by atoms with van der Waals surface area (Å²) < 4.78 is 16.4. The molecule has 1 fully saturated rings. The molecule has 1 aliphatic rings. The molecule has 2 rings (SSSR count). The van der Waals surface area contributed by atoms with Gasteiger partial charge in [-0.3, -0.25) is 9.59 Å². The van der Waals surface area contributed by atoms with Gasteiger partial charge in [0.1, 0.15) is 0 Å². The largest absolute Gasteiger partial charge is 0.490 e. The first-order valence-electron chi connectivity index (χ1n) is 10.9. The fraction of sp³-hybridized carbons (Fsp3) is 0.609. The van der Waals surface area contributed by atoms with E-state index >= 15 is 0 Å². The van der Waals surface area contributed by atoms with Gasteiger partial charge in [0, 0.05) is 18.6 Å². The first-order chi connectivity index (χ1) is 14.8. The van der Waals surface area contributed by atoms with Crippen LogP contribution in [0, 0.1) is 0 Å². The van der Waals surface area contributed by atoms with Crippen LogP contribution in [0.4, 0.5) is 0 Å². The fourth-order valence-corrected chi connectivity index (χ4v) is 3.11. The zero-order valence-corrected chi connectivity index (χ0v) is 19.0. The molecule has 0 spiro atoms. The molecule has 31 heavy (non-hydrogen) atoms. The zero-order chi connectivity index (χ0) is 22.9. The summed E-state index contributed by atoms with van der Waals surface area (Å²) >= 11 is 0. The summed E-state index contributed by atoms with van der Waals surface area (Å²) in [5.74, 6) is -0.333. The van der Waals surface area contributed by atoms with Crippen molar-refractivity contribution >= 4 is 17.8 Å². The summed E-state index contributed by atoms with van der Waals surface area (Å²) in [6.07, 6.45) is 3.93. The van der Waals surface area contributed by atoms with E-state index in [-0.39, 0.29) is 36.1 Å². The highest BCUT2D eigenvalue weighted by atomic mass is 16.5. The predicted molar refractivity (Wildman–Crippen MR) is 116 cm³/mol. The van der Waals surface area contributed by atoms with Gasteiger partial charge in [0.2, 0.25) is 0 Å². The summed E-state index contributed by atoms with van der Waals surface area (Å²) in [5, 5.41) is 2.81. The van der Waals surface area contributed by atoms with Gasteiger partial charge in [-0.25, -0.2) is 4.79 Å². The van der Waals surface area contributed by atoms with E-state index in [0.717, 1.165) is 38.8 Å². The van der Waals surface area contributed by atoms with Crippen LogP contribution in [0.25, 0.3) is 0 Å².